The number of carbonyl (C=O) groups excluding carboxylic acids is 2. The zero-order valence-electron chi connectivity index (χ0n) is 30.9. The molecule has 2 atom stereocenters. The lowest BCUT2D eigenvalue weighted by Crippen LogP contribution is -2.37. The highest BCUT2D eigenvalue weighted by Crippen LogP contribution is 2.40. The maximum absolute atomic E-state index is 12.6. The molecule has 4 aromatic carbocycles. The summed E-state index contributed by atoms with van der Waals surface area (Å²) < 4.78 is 49.3. The van der Waals surface area contributed by atoms with Crippen molar-refractivity contribution in [3.8, 4) is 0 Å². The molecule has 0 saturated heterocycles. The molecule has 0 heterocycles. The molecule has 0 radical (unpaired) electrons. The van der Waals surface area contributed by atoms with E-state index in [0.717, 1.165) is 81.1 Å². The average molecular weight is 769 g/mol. The van der Waals surface area contributed by atoms with E-state index in [-0.39, 0.29) is 0 Å². The molecule has 0 bridgehead atoms. The highest BCUT2D eigenvalue weighted by molar-refractivity contribution is 7.90. The van der Waals surface area contributed by atoms with Crippen LogP contribution in [0.15, 0.2) is 77.8 Å². The maximum atomic E-state index is 12.6. The minimum absolute atomic E-state index is 0.626. The number of carbonyl (C=O) groups is 1. The Morgan fingerprint density at radius 3 is 1.48 bits per heavy atom. The second-order valence-electron chi connectivity index (χ2n) is 14.4. The van der Waals surface area contributed by atoms with Gasteiger partial charge in [-0.25, -0.2) is 36.3 Å². The number of rotatable bonds is 7. The molecule has 0 aliphatic heterocycles. The van der Waals surface area contributed by atoms with Crippen molar-refractivity contribution in [1.29, 1.82) is 0 Å². The van der Waals surface area contributed by atoms with Crippen molar-refractivity contribution in [1.82, 2.24) is 4.72 Å². The van der Waals surface area contributed by atoms with E-state index in [1.165, 1.54) is 57.3 Å². The number of sulfonamides is 2. The number of aryl methyl sites for hydroxylation is 4. The number of fused-ring (bicyclic) bond motifs is 4. The lowest BCUT2D eigenvalue weighted by Gasteiger charge is -2.18. The van der Waals surface area contributed by atoms with Crippen LogP contribution in [0.25, 0.3) is 0 Å². The van der Waals surface area contributed by atoms with Crippen molar-refractivity contribution < 1.29 is 26.4 Å². The van der Waals surface area contributed by atoms with Crippen LogP contribution in [0.1, 0.15) is 106 Å². The Morgan fingerprint density at radius 2 is 1.06 bits per heavy atom. The number of primary sulfonamides is 1. The van der Waals surface area contributed by atoms with Gasteiger partial charge in [-0.2, -0.15) is 4.99 Å². The molecule has 2 unspecified atom stereocenters. The quantitative estimate of drug-likeness (QED) is 0.130. The van der Waals surface area contributed by atoms with Gasteiger partial charge in [0.15, 0.2) is 0 Å². The van der Waals surface area contributed by atoms with Crippen LogP contribution in [0.5, 0.6) is 0 Å². The van der Waals surface area contributed by atoms with Gasteiger partial charge in [0.05, 0.1) is 10.9 Å². The Bertz CT molecular complexity index is 2220. The third kappa shape index (κ3) is 8.84. The highest BCUT2D eigenvalue weighted by Gasteiger charge is 2.29. The van der Waals surface area contributed by atoms with Crippen LogP contribution in [-0.2, 0) is 76.2 Å². The fourth-order valence-electron chi connectivity index (χ4n) is 8.11. The first kappa shape index (κ1) is 39.1. The van der Waals surface area contributed by atoms with Gasteiger partial charge in [-0.1, -0.05) is 72.8 Å². The summed E-state index contributed by atoms with van der Waals surface area (Å²) >= 11 is 0. The van der Waals surface area contributed by atoms with Crippen molar-refractivity contribution in [2.45, 2.75) is 101 Å². The SMILES string of the molecule is CC(c1ccccc1)S(=O)(=O)NC(=O)Nc1c2c(cc3c1CCC3)CCC2.CC(c1ccccc1)S(N)(=O)=O.O=C=Nc1c2c(cc3c1CCC3)CCC2. The minimum atomic E-state index is -3.82. The number of nitrogens with one attached hydrogen (secondary N) is 2. The molecule has 4 aromatic rings. The predicted octanol–water partition coefficient (Wildman–Crippen LogP) is 7.54. The Labute approximate surface area is 318 Å². The van der Waals surface area contributed by atoms with Crippen LogP contribution in [0.3, 0.4) is 0 Å². The lowest BCUT2D eigenvalue weighted by molar-refractivity contribution is 0.256. The summed E-state index contributed by atoms with van der Waals surface area (Å²) in [6, 6.07) is 21.8. The van der Waals surface area contributed by atoms with Crippen LogP contribution >= 0.6 is 0 Å². The number of nitrogens with two attached hydrogens (primary N) is 1. The third-order valence-electron chi connectivity index (χ3n) is 11.0. The van der Waals surface area contributed by atoms with Gasteiger partial charge >= 0.3 is 6.03 Å². The molecule has 284 valence electrons. The Morgan fingerprint density at radius 1 is 0.648 bits per heavy atom. The van der Waals surface area contributed by atoms with Gasteiger partial charge in [0, 0.05) is 5.69 Å². The maximum Gasteiger partial charge on any atom is 0.332 e. The molecule has 4 aliphatic rings. The number of isocyanates is 1. The van der Waals surface area contributed by atoms with Crippen LogP contribution in [0.2, 0.25) is 0 Å². The molecule has 12 heteroatoms. The summed E-state index contributed by atoms with van der Waals surface area (Å²) in [6.07, 6.45) is 14.7. The van der Waals surface area contributed by atoms with Gasteiger partial charge in [-0.05, 0) is 147 Å². The van der Waals surface area contributed by atoms with Crippen LogP contribution < -0.4 is 15.2 Å². The number of urea groups is 1. The molecule has 0 spiro atoms. The number of benzene rings is 4. The smallest absolute Gasteiger partial charge is 0.307 e. The first-order valence-corrected chi connectivity index (χ1v) is 21.9. The Kier molecular flexibility index (Phi) is 12.2. The number of anilines is 1. The van der Waals surface area contributed by atoms with Crippen molar-refractivity contribution in [2.24, 2.45) is 10.1 Å². The van der Waals surface area contributed by atoms with E-state index in [4.69, 9.17) is 5.14 Å². The molecule has 0 aromatic heterocycles. The number of amides is 2. The van der Waals surface area contributed by atoms with Crippen molar-refractivity contribution in [2.75, 3.05) is 5.32 Å². The van der Waals surface area contributed by atoms with Gasteiger partial charge < -0.3 is 5.32 Å². The van der Waals surface area contributed by atoms with Crippen molar-refractivity contribution in [3.05, 3.63) is 128 Å². The average Bonchev–Trinajstić information content (AvgIpc) is 3.99. The second-order valence-corrected chi connectivity index (χ2v) is 18.3. The normalized spacial score (nSPS) is 16.1. The van der Waals surface area contributed by atoms with Gasteiger partial charge in [0.25, 0.3) is 0 Å². The molecule has 2 amide bonds. The molecule has 0 fully saturated rings. The topological polar surface area (TPSA) is 165 Å². The molecule has 10 nitrogen and oxygen atoms in total. The standard InChI is InChI=1S/C21H24N2O3S.C13H13NO.C8H11NO2S/c1-14(15-7-3-2-4-8-15)27(25,26)23-21(24)22-20-18-11-5-9-16(18)13-17-10-6-12-19(17)20;15-8-14-13-11-5-1-3-9(11)7-10-4-2-6-12(10)13;1-7(12(9,10)11)8-5-3-2-4-6-8/h2-4,7-8,13-14H,5-6,9-12H2,1H3,(H2,22,23,24);7H,1-6H2;2-7H,1H3,(H2,9,10,11). The summed E-state index contributed by atoms with van der Waals surface area (Å²) in [4.78, 5) is 27.0. The molecule has 4 aliphatic carbocycles. The summed E-state index contributed by atoms with van der Waals surface area (Å²) in [5.74, 6) is 0. The number of nitrogens with zero attached hydrogens (tertiary/aromatic N) is 1. The molecular weight excluding hydrogens is 721 g/mol. The van der Waals surface area contributed by atoms with Gasteiger partial charge in [0.2, 0.25) is 26.1 Å². The summed E-state index contributed by atoms with van der Waals surface area (Å²) in [6.45, 7) is 3.16. The van der Waals surface area contributed by atoms with E-state index in [1.807, 2.05) is 12.1 Å². The van der Waals surface area contributed by atoms with E-state index in [1.54, 1.807) is 68.5 Å². The lowest BCUT2D eigenvalue weighted by atomic mass is 9.99. The highest BCUT2D eigenvalue weighted by atomic mass is 32.2. The van der Waals surface area contributed by atoms with Crippen LogP contribution in [0.4, 0.5) is 16.2 Å². The molecule has 4 N–H and O–H groups in total. The minimum Gasteiger partial charge on any atom is -0.307 e. The number of hydrogen-bond acceptors (Lipinski definition) is 7. The van der Waals surface area contributed by atoms with Gasteiger partial charge in [-0.3, -0.25) is 0 Å². The van der Waals surface area contributed by atoms with Crippen LogP contribution in [0, 0.1) is 0 Å². The molecule has 0 saturated carbocycles. The molecule has 54 heavy (non-hydrogen) atoms. The zero-order chi connectivity index (χ0) is 38.5. The predicted molar refractivity (Wildman–Crippen MR) is 213 cm³/mol. The molecule has 8 rings (SSSR count). The van der Waals surface area contributed by atoms with E-state index in [0.29, 0.717) is 5.56 Å². The zero-order valence-corrected chi connectivity index (χ0v) is 32.5. The first-order valence-electron chi connectivity index (χ1n) is 18.7. The van der Waals surface area contributed by atoms with Crippen LogP contribution in [-0.4, -0.2) is 28.9 Å². The van der Waals surface area contributed by atoms with E-state index in [2.05, 4.69) is 27.2 Å². The summed E-state index contributed by atoms with van der Waals surface area (Å²) in [5.41, 5.74) is 13.6. The van der Waals surface area contributed by atoms with E-state index in [9.17, 15) is 26.4 Å². The number of aliphatic imine (C=N–C) groups is 1. The fraction of sp³-hybridized carbons (Fsp3) is 0.381. The summed E-state index contributed by atoms with van der Waals surface area (Å²) in [7, 11) is -7.28. The largest absolute Gasteiger partial charge is 0.332 e. The second kappa shape index (κ2) is 16.8. The van der Waals surface area contributed by atoms with Crippen molar-refractivity contribution in [3.63, 3.8) is 0 Å². The van der Waals surface area contributed by atoms with Gasteiger partial charge in [-0.15, -0.1) is 0 Å². The first-order chi connectivity index (χ1) is 25.9. The van der Waals surface area contributed by atoms with E-state index < -0.39 is 36.6 Å². The van der Waals surface area contributed by atoms with Crippen molar-refractivity contribution >= 4 is 43.5 Å². The molecular formula is C42H48N4O6S2. The Hall–Kier alpha value is -4.61. The van der Waals surface area contributed by atoms with E-state index >= 15 is 0 Å². The van der Waals surface area contributed by atoms with Gasteiger partial charge in [0.1, 0.15) is 5.25 Å². The third-order valence-corrected chi connectivity index (χ3v) is 14.0. The summed E-state index contributed by atoms with van der Waals surface area (Å²) in [5, 5.41) is 6.42. The fourth-order valence-corrected chi connectivity index (χ4v) is 9.65. The monoisotopic (exact) mass is 768 g/mol. The number of hydrogen-bond donors (Lipinski definition) is 3. The Balaban J connectivity index is 0.000000154.